The molecule has 1 amide bonds. The van der Waals surface area contributed by atoms with E-state index in [4.69, 9.17) is 0 Å². The Balaban J connectivity index is 1.78. The second kappa shape index (κ2) is 5.47. The van der Waals surface area contributed by atoms with Crippen LogP contribution in [-0.2, 0) is 7.05 Å². The molecule has 0 radical (unpaired) electrons. The van der Waals surface area contributed by atoms with Crippen LogP contribution in [0.5, 0.6) is 0 Å². The second-order valence-corrected chi connectivity index (χ2v) is 7.18. The molecule has 2 aliphatic rings. The van der Waals surface area contributed by atoms with E-state index in [1.54, 1.807) is 4.68 Å². The number of amides is 1. The standard InChI is InChI=1S/C17H27N3O/c1-12(2)14-11-15(20(3)19-14)16(21)18-17(13-7-8-13)9-5-4-6-10-17/h11-13H,4-10H2,1-3H3,(H,18,21). The molecule has 1 aromatic heterocycles. The smallest absolute Gasteiger partial charge is 0.269 e. The van der Waals surface area contributed by atoms with Gasteiger partial charge in [-0.25, -0.2) is 0 Å². The van der Waals surface area contributed by atoms with Crippen molar-refractivity contribution in [2.75, 3.05) is 0 Å². The summed E-state index contributed by atoms with van der Waals surface area (Å²) in [5.41, 5.74) is 1.76. The first kappa shape index (κ1) is 14.6. The van der Waals surface area contributed by atoms with E-state index in [1.807, 2.05) is 13.1 Å². The van der Waals surface area contributed by atoms with Crippen LogP contribution in [-0.4, -0.2) is 21.2 Å². The zero-order chi connectivity index (χ0) is 15.0. The van der Waals surface area contributed by atoms with Crippen LogP contribution in [0.1, 0.15) is 80.9 Å². The van der Waals surface area contributed by atoms with E-state index in [2.05, 4.69) is 24.3 Å². The Morgan fingerprint density at radius 1 is 1.33 bits per heavy atom. The summed E-state index contributed by atoms with van der Waals surface area (Å²) in [7, 11) is 1.87. The van der Waals surface area contributed by atoms with Gasteiger partial charge in [-0.1, -0.05) is 33.1 Å². The van der Waals surface area contributed by atoms with Gasteiger partial charge >= 0.3 is 0 Å². The van der Waals surface area contributed by atoms with Crippen molar-refractivity contribution < 1.29 is 4.79 Å². The average Bonchev–Trinajstić information content (AvgIpc) is 3.23. The number of nitrogens with zero attached hydrogens (tertiary/aromatic N) is 2. The van der Waals surface area contributed by atoms with E-state index >= 15 is 0 Å². The van der Waals surface area contributed by atoms with Crippen molar-refractivity contribution in [3.8, 4) is 0 Å². The van der Waals surface area contributed by atoms with Crippen molar-refractivity contribution in [3.05, 3.63) is 17.5 Å². The van der Waals surface area contributed by atoms with Crippen LogP contribution >= 0.6 is 0 Å². The van der Waals surface area contributed by atoms with Gasteiger partial charge in [0.2, 0.25) is 0 Å². The minimum Gasteiger partial charge on any atom is -0.345 e. The van der Waals surface area contributed by atoms with Gasteiger partial charge in [-0.15, -0.1) is 0 Å². The molecule has 3 rings (SSSR count). The Kier molecular flexibility index (Phi) is 3.80. The Bertz CT molecular complexity index is 522. The van der Waals surface area contributed by atoms with Crippen molar-refractivity contribution in [2.45, 2.75) is 70.3 Å². The third kappa shape index (κ3) is 2.85. The van der Waals surface area contributed by atoms with E-state index in [1.165, 1.54) is 32.1 Å². The van der Waals surface area contributed by atoms with E-state index in [0.717, 1.165) is 18.5 Å². The van der Waals surface area contributed by atoms with E-state index < -0.39 is 0 Å². The highest BCUT2D eigenvalue weighted by atomic mass is 16.2. The highest BCUT2D eigenvalue weighted by molar-refractivity contribution is 5.93. The molecule has 0 unspecified atom stereocenters. The normalized spacial score (nSPS) is 21.5. The fraction of sp³-hybridized carbons (Fsp3) is 0.765. The molecule has 0 atom stereocenters. The molecule has 1 aromatic rings. The maximum Gasteiger partial charge on any atom is 0.269 e. The van der Waals surface area contributed by atoms with Crippen LogP contribution in [0.2, 0.25) is 0 Å². The monoisotopic (exact) mass is 289 g/mol. The minimum atomic E-state index is 0.0608. The summed E-state index contributed by atoms with van der Waals surface area (Å²) in [5.74, 6) is 1.12. The molecule has 0 saturated heterocycles. The van der Waals surface area contributed by atoms with Gasteiger partial charge in [0.05, 0.1) is 5.69 Å². The Hall–Kier alpha value is -1.32. The van der Waals surface area contributed by atoms with Gasteiger partial charge in [0.25, 0.3) is 5.91 Å². The van der Waals surface area contributed by atoms with Gasteiger partial charge in [0.1, 0.15) is 5.69 Å². The molecule has 4 nitrogen and oxygen atoms in total. The molecule has 116 valence electrons. The number of carbonyl (C=O) groups is 1. The van der Waals surface area contributed by atoms with E-state index in [9.17, 15) is 4.79 Å². The Morgan fingerprint density at radius 2 is 2.00 bits per heavy atom. The zero-order valence-electron chi connectivity index (χ0n) is 13.5. The summed E-state index contributed by atoms with van der Waals surface area (Å²) >= 11 is 0. The van der Waals surface area contributed by atoms with Crippen LogP contribution in [0.4, 0.5) is 0 Å². The maximum atomic E-state index is 12.7. The largest absolute Gasteiger partial charge is 0.345 e. The molecule has 21 heavy (non-hydrogen) atoms. The lowest BCUT2D eigenvalue weighted by atomic mass is 9.78. The number of hydrogen-bond acceptors (Lipinski definition) is 2. The van der Waals surface area contributed by atoms with Crippen molar-refractivity contribution in [2.24, 2.45) is 13.0 Å². The molecule has 0 spiro atoms. The van der Waals surface area contributed by atoms with Gasteiger partial charge in [-0.05, 0) is 43.6 Å². The fourth-order valence-electron chi connectivity index (χ4n) is 3.73. The third-order valence-corrected chi connectivity index (χ3v) is 5.19. The van der Waals surface area contributed by atoms with Gasteiger partial charge in [0, 0.05) is 12.6 Å². The number of carbonyl (C=O) groups excluding carboxylic acids is 1. The second-order valence-electron chi connectivity index (χ2n) is 7.18. The maximum absolute atomic E-state index is 12.7. The number of aromatic nitrogens is 2. The summed E-state index contributed by atoms with van der Waals surface area (Å²) in [6, 6.07) is 1.95. The quantitative estimate of drug-likeness (QED) is 0.923. The van der Waals surface area contributed by atoms with Crippen LogP contribution in [0.3, 0.4) is 0 Å². The number of nitrogens with one attached hydrogen (secondary N) is 1. The van der Waals surface area contributed by atoms with Crippen molar-refractivity contribution in [1.82, 2.24) is 15.1 Å². The molecular formula is C17H27N3O. The summed E-state index contributed by atoms with van der Waals surface area (Å²) in [6.45, 7) is 4.22. The minimum absolute atomic E-state index is 0.0608. The number of hydrogen-bond donors (Lipinski definition) is 1. The van der Waals surface area contributed by atoms with Gasteiger partial charge in [-0.3, -0.25) is 9.48 Å². The van der Waals surface area contributed by atoms with Crippen LogP contribution in [0.15, 0.2) is 6.07 Å². The van der Waals surface area contributed by atoms with Gasteiger partial charge < -0.3 is 5.32 Å². The summed E-state index contributed by atoms with van der Waals surface area (Å²) < 4.78 is 1.73. The fourth-order valence-corrected chi connectivity index (χ4v) is 3.73. The lowest BCUT2D eigenvalue weighted by Crippen LogP contribution is -2.51. The average molecular weight is 289 g/mol. The van der Waals surface area contributed by atoms with Gasteiger partial charge in [0.15, 0.2) is 0 Å². The highest BCUT2D eigenvalue weighted by Crippen LogP contribution is 2.47. The molecule has 2 saturated carbocycles. The molecule has 2 fully saturated rings. The molecule has 0 bridgehead atoms. The molecular weight excluding hydrogens is 262 g/mol. The number of rotatable bonds is 4. The van der Waals surface area contributed by atoms with E-state index in [-0.39, 0.29) is 11.4 Å². The lowest BCUT2D eigenvalue weighted by molar-refractivity contribution is 0.0835. The first-order chi connectivity index (χ1) is 10.0. The van der Waals surface area contributed by atoms with Crippen LogP contribution in [0.25, 0.3) is 0 Å². The summed E-state index contributed by atoms with van der Waals surface area (Å²) in [6.07, 6.45) is 8.68. The topological polar surface area (TPSA) is 46.9 Å². The predicted octanol–water partition coefficient (Wildman–Crippen LogP) is 3.39. The van der Waals surface area contributed by atoms with Crippen LogP contribution < -0.4 is 5.32 Å². The van der Waals surface area contributed by atoms with E-state index in [0.29, 0.717) is 17.5 Å². The summed E-state index contributed by atoms with van der Waals surface area (Å²) in [5, 5.41) is 7.87. The Morgan fingerprint density at radius 3 is 2.52 bits per heavy atom. The van der Waals surface area contributed by atoms with Crippen molar-refractivity contribution in [1.29, 1.82) is 0 Å². The third-order valence-electron chi connectivity index (χ3n) is 5.19. The molecule has 4 heteroatoms. The first-order valence-corrected chi connectivity index (χ1v) is 8.38. The first-order valence-electron chi connectivity index (χ1n) is 8.38. The van der Waals surface area contributed by atoms with Gasteiger partial charge in [-0.2, -0.15) is 5.10 Å². The van der Waals surface area contributed by atoms with Crippen LogP contribution in [0, 0.1) is 5.92 Å². The number of aryl methyl sites for hydroxylation is 1. The predicted molar refractivity (Wildman–Crippen MR) is 83.3 cm³/mol. The molecule has 0 aromatic carbocycles. The molecule has 1 heterocycles. The zero-order valence-corrected chi connectivity index (χ0v) is 13.5. The summed E-state index contributed by atoms with van der Waals surface area (Å²) in [4.78, 5) is 12.7. The van der Waals surface area contributed by atoms with Crippen molar-refractivity contribution >= 4 is 5.91 Å². The lowest BCUT2D eigenvalue weighted by Gasteiger charge is -2.38. The van der Waals surface area contributed by atoms with Crippen molar-refractivity contribution in [3.63, 3.8) is 0 Å². The highest BCUT2D eigenvalue weighted by Gasteiger charge is 2.46. The molecule has 1 N–H and O–H groups in total. The molecule has 0 aliphatic heterocycles. The SMILES string of the molecule is CC(C)c1cc(C(=O)NC2(C3CC3)CCCCC2)n(C)n1. The molecule has 2 aliphatic carbocycles. The Labute approximate surface area is 127 Å².